The van der Waals surface area contributed by atoms with Crippen molar-refractivity contribution in [2.75, 3.05) is 31.6 Å². The Morgan fingerprint density at radius 2 is 2.12 bits per heavy atom. The summed E-state index contributed by atoms with van der Waals surface area (Å²) in [6, 6.07) is 1.42. The second kappa shape index (κ2) is 7.57. The van der Waals surface area contributed by atoms with Crippen molar-refractivity contribution in [3.8, 4) is 0 Å². The normalized spacial score (nSPS) is 24.9. The molecular formula is C13H28N2S. The summed E-state index contributed by atoms with van der Waals surface area (Å²) in [4.78, 5) is 2.55. The van der Waals surface area contributed by atoms with Gasteiger partial charge in [-0.2, -0.15) is 11.8 Å². The van der Waals surface area contributed by atoms with Gasteiger partial charge in [-0.15, -0.1) is 0 Å². The first kappa shape index (κ1) is 14.3. The van der Waals surface area contributed by atoms with Crippen molar-refractivity contribution in [1.82, 2.24) is 10.2 Å². The molecule has 0 saturated carbocycles. The lowest BCUT2D eigenvalue weighted by atomic mass is 9.98. The zero-order chi connectivity index (χ0) is 12.0. The molecule has 0 aliphatic carbocycles. The van der Waals surface area contributed by atoms with Gasteiger partial charge < -0.3 is 10.2 Å². The maximum absolute atomic E-state index is 3.68. The molecule has 1 aliphatic heterocycles. The minimum atomic E-state index is 0.685. The first-order valence-corrected chi connectivity index (χ1v) is 7.82. The van der Waals surface area contributed by atoms with Crippen LogP contribution in [0.2, 0.25) is 0 Å². The number of hydrogen-bond donors (Lipinski definition) is 1. The van der Waals surface area contributed by atoms with Gasteiger partial charge in [0.05, 0.1) is 0 Å². The smallest absolute Gasteiger partial charge is 0.0337 e. The second-order valence-electron chi connectivity index (χ2n) is 5.26. The van der Waals surface area contributed by atoms with Gasteiger partial charge in [-0.1, -0.05) is 20.8 Å². The zero-order valence-electron chi connectivity index (χ0n) is 11.3. The lowest BCUT2D eigenvalue weighted by Crippen LogP contribution is -2.52. The van der Waals surface area contributed by atoms with Crippen molar-refractivity contribution in [2.45, 2.75) is 45.7 Å². The highest BCUT2D eigenvalue weighted by Gasteiger charge is 2.27. The van der Waals surface area contributed by atoms with E-state index in [9.17, 15) is 0 Å². The molecule has 0 aromatic carbocycles. The Labute approximate surface area is 106 Å². The maximum atomic E-state index is 3.68. The lowest BCUT2D eigenvalue weighted by molar-refractivity contribution is 0.204. The second-order valence-corrected chi connectivity index (χ2v) is 6.41. The highest BCUT2D eigenvalue weighted by molar-refractivity contribution is 7.99. The van der Waals surface area contributed by atoms with Crippen LogP contribution in [-0.2, 0) is 0 Å². The van der Waals surface area contributed by atoms with Gasteiger partial charge in [0.25, 0.3) is 0 Å². The molecule has 0 aromatic rings. The summed E-state index contributed by atoms with van der Waals surface area (Å²) in [6.45, 7) is 9.21. The predicted molar refractivity (Wildman–Crippen MR) is 75.3 cm³/mol. The maximum Gasteiger partial charge on any atom is 0.0337 e. The third kappa shape index (κ3) is 4.64. The fraction of sp³-hybridized carbons (Fsp3) is 1.00. The molecule has 1 heterocycles. The molecule has 0 aromatic heterocycles. The van der Waals surface area contributed by atoms with E-state index in [0.717, 1.165) is 18.5 Å². The number of rotatable bonds is 6. The van der Waals surface area contributed by atoms with Crippen LogP contribution < -0.4 is 5.32 Å². The van der Waals surface area contributed by atoms with Crippen LogP contribution in [0.15, 0.2) is 0 Å². The standard InChI is InChI=1S/C13H28N2S/c1-5-14-12(7-6-11(2)3)13-10-16-9-8-15(13)4/h11-14H,5-10H2,1-4H3. The summed E-state index contributed by atoms with van der Waals surface area (Å²) >= 11 is 2.11. The molecule has 16 heavy (non-hydrogen) atoms. The molecule has 0 spiro atoms. The Bertz CT molecular complexity index is 185. The lowest BCUT2D eigenvalue weighted by Gasteiger charge is -2.38. The van der Waals surface area contributed by atoms with Crippen molar-refractivity contribution in [1.29, 1.82) is 0 Å². The van der Waals surface area contributed by atoms with Gasteiger partial charge in [-0.25, -0.2) is 0 Å². The fourth-order valence-corrected chi connectivity index (χ4v) is 3.65. The van der Waals surface area contributed by atoms with Crippen LogP contribution in [0.4, 0.5) is 0 Å². The largest absolute Gasteiger partial charge is 0.313 e. The quantitative estimate of drug-likeness (QED) is 0.772. The van der Waals surface area contributed by atoms with E-state index in [1.54, 1.807) is 0 Å². The van der Waals surface area contributed by atoms with Gasteiger partial charge in [-0.05, 0) is 32.4 Å². The average molecular weight is 244 g/mol. The molecule has 1 saturated heterocycles. The molecule has 2 nitrogen and oxygen atoms in total. The highest BCUT2D eigenvalue weighted by atomic mass is 32.2. The zero-order valence-corrected chi connectivity index (χ0v) is 12.1. The Kier molecular flexibility index (Phi) is 6.78. The summed E-state index contributed by atoms with van der Waals surface area (Å²) < 4.78 is 0. The molecule has 0 radical (unpaired) electrons. The van der Waals surface area contributed by atoms with Crippen molar-refractivity contribution >= 4 is 11.8 Å². The third-order valence-electron chi connectivity index (χ3n) is 3.43. The number of likely N-dealkylation sites (N-methyl/N-ethyl adjacent to an activating group) is 2. The number of hydrogen-bond acceptors (Lipinski definition) is 3. The Hall–Kier alpha value is 0.270. The van der Waals surface area contributed by atoms with E-state index in [0.29, 0.717) is 6.04 Å². The van der Waals surface area contributed by atoms with E-state index in [1.807, 2.05) is 0 Å². The predicted octanol–water partition coefficient (Wildman–Crippen LogP) is 2.45. The van der Waals surface area contributed by atoms with Crippen LogP contribution in [0.25, 0.3) is 0 Å². The highest BCUT2D eigenvalue weighted by Crippen LogP contribution is 2.20. The van der Waals surface area contributed by atoms with Gasteiger partial charge in [-0.3, -0.25) is 0 Å². The number of thioether (sulfide) groups is 1. The first-order chi connectivity index (χ1) is 7.65. The molecule has 3 heteroatoms. The molecule has 0 amide bonds. The van der Waals surface area contributed by atoms with Gasteiger partial charge >= 0.3 is 0 Å². The minimum absolute atomic E-state index is 0.685. The molecule has 1 aliphatic rings. The molecule has 1 N–H and O–H groups in total. The third-order valence-corrected chi connectivity index (χ3v) is 4.48. The van der Waals surface area contributed by atoms with Crippen LogP contribution in [0, 0.1) is 5.92 Å². The van der Waals surface area contributed by atoms with Crippen LogP contribution in [-0.4, -0.2) is 48.6 Å². The van der Waals surface area contributed by atoms with Gasteiger partial charge in [0.2, 0.25) is 0 Å². The monoisotopic (exact) mass is 244 g/mol. The number of nitrogens with zero attached hydrogens (tertiary/aromatic N) is 1. The van der Waals surface area contributed by atoms with E-state index in [2.05, 4.69) is 49.8 Å². The summed E-state index contributed by atoms with van der Waals surface area (Å²) in [5, 5.41) is 3.68. The van der Waals surface area contributed by atoms with Crippen molar-refractivity contribution in [2.24, 2.45) is 5.92 Å². The van der Waals surface area contributed by atoms with Crippen LogP contribution in [0.1, 0.15) is 33.6 Å². The van der Waals surface area contributed by atoms with E-state index in [-0.39, 0.29) is 0 Å². The van der Waals surface area contributed by atoms with Crippen molar-refractivity contribution in [3.63, 3.8) is 0 Å². The Balaban J connectivity index is 2.46. The molecular weight excluding hydrogens is 216 g/mol. The molecule has 0 bridgehead atoms. The van der Waals surface area contributed by atoms with Gasteiger partial charge in [0, 0.05) is 30.1 Å². The Morgan fingerprint density at radius 3 is 2.69 bits per heavy atom. The number of nitrogens with one attached hydrogen (secondary N) is 1. The molecule has 1 rings (SSSR count). The summed E-state index contributed by atoms with van der Waals surface area (Å²) in [7, 11) is 2.28. The van der Waals surface area contributed by atoms with E-state index in [4.69, 9.17) is 0 Å². The van der Waals surface area contributed by atoms with Gasteiger partial charge in [0.15, 0.2) is 0 Å². The summed E-state index contributed by atoms with van der Waals surface area (Å²) in [5.74, 6) is 3.42. The molecule has 1 fully saturated rings. The van der Waals surface area contributed by atoms with Crippen LogP contribution in [0.3, 0.4) is 0 Å². The van der Waals surface area contributed by atoms with Crippen molar-refractivity contribution in [3.05, 3.63) is 0 Å². The Morgan fingerprint density at radius 1 is 1.38 bits per heavy atom. The fourth-order valence-electron chi connectivity index (χ4n) is 2.33. The minimum Gasteiger partial charge on any atom is -0.313 e. The van der Waals surface area contributed by atoms with E-state index < -0.39 is 0 Å². The first-order valence-electron chi connectivity index (χ1n) is 6.66. The van der Waals surface area contributed by atoms with E-state index >= 15 is 0 Å². The molecule has 2 atom stereocenters. The SMILES string of the molecule is CCNC(CCC(C)C)C1CSCCN1C. The van der Waals surface area contributed by atoms with Crippen LogP contribution in [0.5, 0.6) is 0 Å². The average Bonchev–Trinajstić information content (AvgIpc) is 2.25. The van der Waals surface area contributed by atoms with E-state index in [1.165, 1.54) is 30.9 Å². The summed E-state index contributed by atoms with van der Waals surface area (Å²) in [6.07, 6.45) is 2.66. The van der Waals surface area contributed by atoms with Crippen LogP contribution >= 0.6 is 11.8 Å². The molecule has 96 valence electrons. The molecule has 2 unspecified atom stereocenters. The summed E-state index contributed by atoms with van der Waals surface area (Å²) in [5.41, 5.74) is 0. The van der Waals surface area contributed by atoms with Crippen molar-refractivity contribution < 1.29 is 0 Å². The van der Waals surface area contributed by atoms with Gasteiger partial charge in [0.1, 0.15) is 0 Å². The topological polar surface area (TPSA) is 15.3 Å².